The van der Waals surface area contributed by atoms with Crippen LogP contribution in [0.1, 0.15) is 0 Å². The van der Waals surface area contributed by atoms with Gasteiger partial charge in [0.25, 0.3) is 0 Å². The molecule has 1 N–H and O–H groups in total. The molecule has 202 valence electrons. The standard InChI is InChI=1S/C34H25O6P/c1-37-25-13-7-11-21(17-25)29-19-23-9-3-5-15-27(23)31-32-28-16-6-4-10-24(28)20-30(22-12-8-14-26(18-22)38-2)34(32)40-41(35,36)39-33(29)31/h3-20H,1-2H3,(H,35,36). The van der Waals surface area contributed by atoms with E-state index in [2.05, 4.69) is 0 Å². The summed E-state index contributed by atoms with van der Waals surface area (Å²) in [6.45, 7) is 0. The lowest BCUT2D eigenvalue weighted by Crippen LogP contribution is -2.00. The SMILES string of the molecule is COc1cccc(-c2cc3ccccc3c3c2OP(=O)(O)Oc2c(-c4cccc(OC)c4)cc4ccccc4c2-3)c1. The van der Waals surface area contributed by atoms with Crippen LogP contribution in [0.5, 0.6) is 23.0 Å². The second-order valence-corrected chi connectivity index (χ2v) is 11.1. The fourth-order valence-corrected chi connectivity index (χ4v) is 6.48. The van der Waals surface area contributed by atoms with Gasteiger partial charge in [-0.2, -0.15) is 0 Å². The largest absolute Gasteiger partial charge is 0.584 e. The highest BCUT2D eigenvalue weighted by molar-refractivity contribution is 7.48. The molecular formula is C34H25O6P. The van der Waals surface area contributed by atoms with Crippen molar-refractivity contribution in [1.29, 1.82) is 0 Å². The number of phosphoric acid groups is 1. The Labute approximate surface area is 236 Å². The zero-order chi connectivity index (χ0) is 28.1. The highest BCUT2D eigenvalue weighted by atomic mass is 31.2. The van der Waals surface area contributed by atoms with Crippen molar-refractivity contribution in [1.82, 2.24) is 0 Å². The molecule has 6 nitrogen and oxygen atoms in total. The van der Waals surface area contributed by atoms with E-state index in [0.29, 0.717) is 33.8 Å². The van der Waals surface area contributed by atoms with Crippen molar-refractivity contribution in [2.45, 2.75) is 0 Å². The van der Waals surface area contributed by atoms with E-state index >= 15 is 0 Å². The summed E-state index contributed by atoms with van der Waals surface area (Å²) in [5.41, 5.74) is 4.23. The van der Waals surface area contributed by atoms with E-state index < -0.39 is 7.82 Å². The van der Waals surface area contributed by atoms with Gasteiger partial charge in [-0.05, 0) is 69.1 Å². The van der Waals surface area contributed by atoms with Gasteiger partial charge in [0.1, 0.15) is 23.0 Å². The van der Waals surface area contributed by atoms with Crippen molar-refractivity contribution in [3.8, 4) is 56.4 Å². The number of phosphoric ester groups is 1. The molecule has 0 aromatic heterocycles. The number of rotatable bonds is 4. The van der Waals surface area contributed by atoms with Gasteiger partial charge in [0.15, 0.2) is 0 Å². The Morgan fingerprint density at radius 1 is 0.585 bits per heavy atom. The Morgan fingerprint density at radius 3 is 1.46 bits per heavy atom. The highest BCUT2D eigenvalue weighted by Gasteiger charge is 2.37. The van der Waals surface area contributed by atoms with Gasteiger partial charge in [-0.1, -0.05) is 72.8 Å². The van der Waals surface area contributed by atoms with Crippen LogP contribution < -0.4 is 18.5 Å². The lowest BCUT2D eigenvalue weighted by molar-refractivity contribution is 0.295. The number of hydrogen-bond acceptors (Lipinski definition) is 5. The molecule has 0 bridgehead atoms. The van der Waals surface area contributed by atoms with E-state index in [4.69, 9.17) is 18.5 Å². The Hall–Kier alpha value is -4.77. The van der Waals surface area contributed by atoms with Gasteiger partial charge in [0, 0.05) is 22.3 Å². The summed E-state index contributed by atoms with van der Waals surface area (Å²) in [4.78, 5) is 11.2. The zero-order valence-electron chi connectivity index (χ0n) is 22.3. The first kappa shape index (κ1) is 25.2. The third-order valence-electron chi connectivity index (χ3n) is 7.43. The van der Waals surface area contributed by atoms with Crippen LogP contribution in [-0.4, -0.2) is 19.1 Å². The lowest BCUT2D eigenvalue weighted by Gasteiger charge is -2.19. The second-order valence-electron chi connectivity index (χ2n) is 9.81. The van der Waals surface area contributed by atoms with Gasteiger partial charge < -0.3 is 18.5 Å². The summed E-state index contributed by atoms with van der Waals surface area (Å²) in [6, 6.07) is 34.9. The molecule has 0 spiro atoms. The summed E-state index contributed by atoms with van der Waals surface area (Å²) in [5, 5.41) is 3.64. The topological polar surface area (TPSA) is 74.2 Å². The first-order valence-electron chi connectivity index (χ1n) is 13.1. The molecule has 0 aliphatic carbocycles. The second kappa shape index (κ2) is 9.70. The van der Waals surface area contributed by atoms with Crippen LogP contribution in [-0.2, 0) is 4.57 Å². The minimum atomic E-state index is -4.65. The van der Waals surface area contributed by atoms with Gasteiger partial charge in [0.05, 0.1) is 14.2 Å². The number of methoxy groups -OCH3 is 2. The number of hydrogen-bond donors (Lipinski definition) is 1. The maximum absolute atomic E-state index is 13.7. The predicted octanol–water partition coefficient (Wildman–Crippen LogP) is 8.88. The maximum atomic E-state index is 13.7. The number of benzene rings is 6. The van der Waals surface area contributed by atoms with E-state index in [1.807, 2.05) is 109 Å². The first-order valence-corrected chi connectivity index (χ1v) is 14.6. The van der Waals surface area contributed by atoms with Crippen LogP contribution in [0.15, 0.2) is 109 Å². The van der Waals surface area contributed by atoms with Gasteiger partial charge in [0.2, 0.25) is 0 Å². The molecule has 7 rings (SSSR count). The zero-order valence-corrected chi connectivity index (χ0v) is 23.2. The van der Waals surface area contributed by atoms with Crippen LogP contribution in [0.25, 0.3) is 54.9 Å². The summed E-state index contributed by atoms with van der Waals surface area (Å²) < 4.78 is 36.7. The third kappa shape index (κ3) is 4.29. The minimum absolute atomic E-state index is 0.273. The summed E-state index contributed by atoms with van der Waals surface area (Å²) in [5.74, 6) is 1.87. The van der Waals surface area contributed by atoms with Crippen molar-refractivity contribution >= 4 is 29.4 Å². The molecule has 1 heterocycles. The van der Waals surface area contributed by atoms with E-state index in [9.17, 15) is 9.46 Å². The molecule has 0 atom stereocenters. The fourth-order valence-electron chi connectivity index (χ4n) is 5.60. The molecule has 1 aliphatic heterocycles. The normalized spacial score (nSPS) is 13.4. The van der Waals surface area contributed by atoms with Crippen LogP contribution >= 0.6 is 7.82 Å². The molecule has 1 aliphatic rings. The number of fused-ring (bicyclic) bond motifs is 7. The van der Waals surface area contributed by atoms with Crippen molar-refractivity contribution in [3.05, 3.63) is 109 Å². The van der Waals surface area contributed by atoms with E-state index in [1.54, 1.807) is 14.2 Å². The van der Waals surface area contributed by atoms with Crippen LogP contribution in [0, 0.1) is 0 Å². The molecule has 0 saturated carbocycles. The first-order chi connectivity index (χ1) is 20.0. The Bertz CT molecular complexity index is 1890. The molecule has 0 unspecified atom stereocenters. The van der Waals surface area contributed by atoms with Crippen LogP contribution in [0.3, 0.4) is 0 Å². The Morgan fingerprint density at radius 2 is 1.02 bits per heavy atom. The van der Waals surface area contributed by atoms with Crippen molar-refractivity contribution in [2.75, 3.05) is 14.2 Å². The summed E-state index contributed by atoms with van der Waals surface area (Å²) >= 11 is 0. The molecule has 0 amide bonds. The smallest absolute Gasteiger partial charge is 0.497 e. The average molecular weight is 561 g/mol. The third-order valence-corrected chi connectivity index (χ3v) is 8.25. The molecule has 7 heteroatoms. The Balaban J connectivity index is 1.68. The van der Waals surface area contributed by atoms with Gasteiger partial charge in [-0.15, -0.1) is 0 Å². The maximum Gasteiger partial charge on any atom is 0.584 e. The predicted molar refractivity (Wildman–Crippen MR) is 162 cm³/mol. The van der Waals surface area contributed by atoms with Gasteiger partial charge >= 0.3 is 7.82 Å². The fraction of sp³-hybridized carbons (Fsp3) is 0.0588. The molecule has 41 heavy (non-hydrogen) atoms. The van der Waals surface area contributed by atoms with Crippen LogP contribution in [0.4, 0.5) is 0 Å². The summed E-state index contributed by atoms with van der Waals surface area (Å²) in [7, 11) is -1.43. The average Bonchev–Trinajstić information content (AvgIpc) is 3.13. The van der Waals surface area contributed by atoms with Crippen LogP contribution in [0.2, 0.25) is 0 Å². The molecule has 6 aromatic rings. The van der Waals surface area contributed by atoms with Crippen molar-refractivity contribution in [3.63, 3.8) is 0 Å². The summed E-state index contributed by atoms with van der Waals surface area (Å²) in [6.07, 6.45) is 0. The van der Waals surface area contributed by atoms with Gasteiger partial charge in [-0.25, -0.2) is 4.57 Å². The highest BCUT2D eigenvalue weighted by Crippen LogP contribution is 2.61. The molecule has 0 saturated heterocycles. The van der Waals surface area contributed by atoms with E-state index in [-0.39, 0.29) is 11.5 Å². The van der Waals surface area contributed by atoms with Crippen molar-refractivity contribution < 1.29 is 28.0 Å². The lowest BCUT2D eigenvalue weighted by atomic mass is 9.86. The molecule has 6 aromatic carbocycles. The monoisotopic (exact) mass is 560 g/mol. The molecule has 0 radical (unpaired) electrons. The number of ether oxygens (including phenoxy) is 2. The van der Waals surface area contributed by atoms with Crippen molar-refractivity contribution in [2.24, 2.45) is 0 Å². The van der Waals surface area contributed by atoms with E-state index in [0.717, 1.165) is 32.7 Å². The van der Waals surface area contributed by atoms with E-state index in [1.165, 1.54) is 0 Å². The van der Waals surface area contributed by atoms with Gasteiger partial charge in [-0.3, -0.25) is 4.89 Å². The quantitative estimate of drug-likeness (QED) is 0.217. The minimum Gasteiger partial charge on any atom is -0.497 e. The molecule has 0 fully saturated rings. The Kier molecular flexibility index (Phi) is 5.97. The molecular weight excluding hydrogens is 535 g/mol.